The molecule has 1 amide bonds. The van der Waals surface area contributed by atoms with Gasteiger partial charge >= 0.3 is 0 Å². The van der Waals surface area contributed by atoms with E-state index in [9.17, 15) is 13.8 Å². The Morgan fingerprint density at radius 3 is 2.50 bits per heavy atom. The van der Waals surface area contributed by atoms with Crippen molar-refractivity contribution in [1.29, 1.82) is 0 Å². The molecule has 2 aliphatic heterocycles. The van der Waals surface area contributed by atoms with E-state index in [4.69, 9.17) is 0 Å². The first-order chi connectivity index (χ1) is 13.3. The van der Waals surface area contributed by atoms with Crippen LogP contribution in [0.5, 0.6) is 0 Å². The maximum Gasteiger partial charge on any atom is 0.250 e. The van der Waals surface area contributed by atoms with Crippen molar-refractivity contribution in [3.8, 4) is 0 Å². The van der Waals surface area contributed by atoms with Crippen LogP contribution < -0.4 is 10.5 Å². The molecule has 148 valence electrons. The lowest BCUT2D eigenvalue weighted by Crippen LogP contribution is -2.48. The van der Waals surface area contributed by atoms with Gasteiger partial charge in [-0.2, -0.15) is 0 Å². The molecule has 3 heterocycles. The molecule has 1 aromatic carbocycles. The average Bonchev–Trinajstić information content (AvgIpc) is 3.09. The number of amides is 1. The largest absolute Gasteiger partial charge is 0.371 e. The van der Waals surface area contributed by atoms with Crippen molar-refractivity contribution in [2.24, 2.45) is 13.0 Å². The molecule has 0 radical (unpaired) electrons. The highest BCUT2D eigenvalue weighted by Gasteiger charge is 2.33. The van der Waals surface area contributed by atoms with Crippen LogP contribution in [0.3, 0.4) is 0 Å². The second-order valence-corrected chi connectivity index (χ2v) is 9.20. The molecule has 28 heavy (non-hydrogen) atoms. The molecular formula is C21H25N3O3S. The Kier molecular flexibility index (Phi) is 4.87. The fourth-order valence-corrected chi connectivity index (χ4v) is 4.61. The molecule has 1 atom stereocenters. The molecule has 1 unspecified atom stereocenters. The lowest BCUT2D eigenvalue weighted by atomic mass is 9.95. The number of aromatic nitrogens is 1. The van der Waals surface area contributed by atoms with E-state index in [0.717, 1.165) is 40.5 Å². The van der Waals surface area contributed by atoms with E-state index in [1.54, 1.807) is 23.9 Å². The smallest absolute Gasteiger partial charge is 0.250 e. The minimum absolute atomic E-state index is 0.0156. The van der Waals surface area contributed by atoms with Crippen molar-refractivity contribution in [3.05, 3.63) is 57.5 Å². The van der Waals surface area contributed by atoms with Gasteiger partial charge < -0.3 is 14.4 Å². The first kappa shape index (κ1) is 18.9. The van der Waals surface area contributed by atoms with Gasteiger partial charge in [0.2, 0.25) is 5.91 Å². The van der Waals surface area contributed by atoms with Crippen molar-refractivity contribution in [3.63, 3.8) is 0 Å². The third kappa shape index (κ3) is 3.39. The van der Waals surface area contributed by atoms with Gasteiger partial charge in [-0.25, -0.2) is 0 Å². The number of carbonyl (C=O) groups is 1. The standard InChI is InChI=1S/C21H25N3O3S/c1-14-8-20(25)22(2)19-13-24(12-18(14)19)21(26)9-15-10-23(11-15)16-4-6-17(7-5-16)28(3)27/h4-8,15H,9-13H2,1-3H3. The van der Waals surface area contributed by atoms with Crippen LogP contribution >= 0.6 is 0 Å². The monoisotopic (exact) mass is 399 g/mol. The molecule has 6 nitrogen and oxygen atoms in total. The molecular weight excluding hydrogens is 374 g/mol. The minimum atomic E-state index is -0.963. The fraction of sp³-hybridized carbons (Fsp3) is 0.429. The Hall–Kier alpha value is -2.41. The van der Waals surface area contributed by atoms with Gasteiger partial charge in [-0.3, -0.25) is 13.8 Å². The molecule has 0 saturated carbocycles. The molecule has 1 fully saturated rings. The van der Waals surface area contributed by atoms with Crippen molar-refractivity contribution in [1.82, 2.24) is 9.47 Å². The van der Waals surface area contributed by atoms with E-state index in [1.807, 2.05) is 36.1 Å². The SMILES string of the molecule is Cc1cc(=O)n(C)c2c1CN(C(=O)CC1CN(c3ccc(S(C)=O)cc3)C1)C2. The normalized spacial score (nSPS) is 17.4. The molecule has 0 bridgehead atoms. The highest BCUT2D eigenvalue weighted by Crippen LogP contribution is 2.30. The zero-order chi connectivity index (χ0) is 20.0. The number of carbonyl (C=O) groups excluding carboxylic acids is 1. The van der Waals surface area contributed by atoms with Gasteiger partial charge in [-0.05, 0) is 42.3 Å². The lowest BCUT2D eigenvalue weighted by molar-refractivity contribution is -0.133. The summed E-state index contributed by atoms with van der Waals surface area (Å²) in [6.07, 6.45) is 2.21. The predicted molar refractivity (Wildman–Crippen MR) is 110 cm³/mol. The number of rotatable bonds is 4. The first-order valence-corrected chi connectivity index (χ1v) is 11.0. The molecule has 1 saturated heterocycles. The molecule has 0 N–H and O–H groups in total. The number of fused-ring (bicyclic) bond motifs is 1. The third-order valence-electron chi connectivity index (χ3n) is 5.90. The second kappa shape index (κ2) is 7.20. The first-order valence-electron chi connectivity index (χ1n) is 9.48. The van der Waals surface area contributed by atoms with Gasteiger partial charge in [0.05, 0.1) is 6.54 Å². The van der Waals surface area contributed by atoms with E-state index in [2.05, 4.69) is 4.90 Å². The van der Waals surface area contributed by atoms with Gasteiger partial charge in [0.15, 0.2) is 0 Å². The third-order valence-corrected chi connectivity index (χ3v) is 6.83. The van der Waals surface area contributed by atoms with Gasteiger partial charge in [0.25, 0.3) is 5.56 Å². The fourth-order valence-electron chi connectivity index (χ4n) is 4.09. The molecule has 7 heteroatoms. The van der Waals surface area contributed by atoms with Crippen LogP contribution in [0.2, 0.25) is 0 Å². The summed E-state index contributed by atoms with van der Waals surface area (Å²) in [5.41, 5.74) is 4.14. The highest BCUT2D eigenvalue weighted by molar-refractivity contribution is 7.84. The lowest BCUT2D eigenvalue weighted by Gasteiger charge is -2.41. The molecule has 2 aromatic rings. The van der Waals surface area contributed by atoms with Crippen LogP contribution in [0.15, 0.2) is 40.0 Å². The Morgan fingerprint density at radius 2 is 1.86 bits per heavy atom. The molecule has 1 aromatic heterocycles. The number of hydrogen-bond acceptors (Lipinski definition) is 4. The van der Waals surface area contributed by atoms with Crippen LogP contribution in [0.4, 0.5) is 5.69 Å². The summed E-state index contributed by atoms with van der Waals surface area (Å²) in [5, 5.41) is 0. The topological polar surface area (TPSA) is 62.6 Å². The Bertz CT molecular complexity index is 1010. The number of anilines is 1. The number of hydrogen-bond donors (Lipinski definition) is 0. The molecule has 0 spiro atoms. The Morgan fingerprint density at radius 1 is 1.18 bits per heavy atom. The summed E-state index contributed by atoms with van der Waals surface area (Å²) < 4.78 is 13.1. The van der Waals surface area contributed by atoms with Gasteiger partial charge in [0, 0.05) is 78.4 Å². The number of aryl methyl sites for hydroxylation is 1. The summed E-state index contributed by atoms with van der Waals surface area (Å²) in [5.74, 6) is 0.505. The summed E-state index contributed by atoms with van der Waals surface area (Å²) >= 11 is 0. The maximum absolute atomic E-state index is 12.8. The van der Waals surface area contributed by atoms with Gasteiger partial charge in [-0.15, -0.1) is 0 Å². The zero-order valence-corrected chi connectivity index (χ0v) is 17.3. The predicted octanol–water partition coefficient (Wildman–Crippen LogP) is 1.80. The van der Waals surface area contributed by atoms with Crippen LogP contribution in [-0.4, -0.2) is 38.9 Å². The second-order valence-electron chi connectivity index (χ2n) is 7.82. The van der Waals surface area contributed by atoms with E-state index in [1.165, 1.54) is 0 Å². The summed E-state index contributed by atoms with van der Waals surface area (Å²) in [6, 6.07) is 9.44. The number of nitrogens with zero attached hydrogens (tertiary/aromatic N) is 3. The Balaban J connectivity index is 1.34. The van der Waals surface area contributed by atoms with Crippen molar-refractivity contribution >= 4 is 22.4 Å². The highest BCUT2D eigenvalue weighted by atomic mass is 32.2. The maximum atomic E-state index is 12.8. The van der Waals surface area contributed by atoms with Crippen molar-refractivity contribution in [2.45, 2.75) is 31.3 Å². The summed E-state index contributed by atoms with van der Waals surface area (Å²) in [7, 11) is 0.813. The van der Waals surface area contributed by atoms with Crippen LogP contribution in [0.1, 0.15) is 23.2 Å². The van der Waals surface area contributed by atoms with Gasteiger partial charge in [-0.1, -0.05) is 0 Å². The van der Waals surface area contributed by atoms with Crippen molar-refractivity contribution < 1.29 is 9.00 Å². The molecule has 0 aliphatic carbocycles. The zero-order valence-electron chi connectivity index (χ0n) is 16.5. The summed E-state index contributed by atoms with van der Waals surface area (Å²) in [4.78, 5) is 29.7. The van der Waals surface area contributed by atoms with Crippen molar-refractivity contribution in [2.75, 3.05) is 24.2 Å². The molecule has 4 rings (SSSR count). The Labute approximate surface area is 167 Å². The van der Waals surface area contributed by atoms with E-state index < -0.39 is 10.8 Å². The van der Waals surface area contributed by atoms with Crippen LogP contribution in [0.25, 0.3) is 0 Å². The van der Waals surface area contributed by atoms with Gasteiger partial charge in [0.1, 0.15) is 0 Å². The minimum Gasteiger partial charge on any atom is -0.371 e. The van der Waals surface area contributed by atoms with E-state index in [-0.39, 0.29) is 11.5 Å². The van der Waals surface area contributed by atoms with E-state index >= 15 is 0 Å². The molecule has 2 aliphatic rings. The number of benzene rings is 1. The summed E-state index contributed by atoms with van der Waals surface area (Å²) in [6.45, 7) is 4.78. The van der Waals surface area contributed by atoms with E-state index in [0.29, 0.717) is 25.4 Å². The van der Waals surface area contributed by atoms with Crippen LogP contribution in [0, 0.1) is 12.8 Å². The quantitative estimate of drug-likeness (QED) is 0.787. The number of pyridine rings is 1. The van der Waals surface area contributed by atoms with Crippen LogP contribution in [-0.2, 0) is 35.7 Å². The average molecular weight is 400 g/mol.